The van der Waals surface area contributed by atoms with E-state index in [-0.39, 0.29) is 24.9 Å². The molecule has 0 heterocycles. The van der Waals surface area contributed by atoms with Gasteiger partial charge in [-0.25, -0.2) is 0 Å². The van der Waals surface area contributed by atoms with Gasteiger partial charge >= 0.3 is 0 Å². The largest absolute Gasteiger partial charge is 0.322 e. The highest BCUT2D eigenvalue weighted by molar-refractivity contribution is 6.31. The highest BCUT2D eigenvalue weighted by Crippen LogP contribution is 2.22. The van der Waals surface area contributed by atoms with E-state index in [4.69, 9.17) is 17.3 Å². The second kappa shape index (κ2) is 5.95. The number of nitrogens with zero attached hydrogens (tertiary/aromatic N) is 1. The Balaban J connectivity index is 0.00000196. The third-order valence-electron chi connectivity index (χ3n) is 2.09. The smallest absolute Gasteiger partial charge is 0.240 e. The van der Waals surface area contributed by atoms with Crippen molar-refractivity contribution in [3.63, 3.8) is 0 Å². The van der Waals surface area contributed by atoms with Crippen molar-refractivity contribution in [2.24, 2.45) is 5.73 Å². The van der Waals surface area contributed by atoms with E-state index < -0.39 is 0 Å². The van der Waals surface area contributed by atoms with Crippen LogP contribution in [0.4, 0.5) is 5.69 Å². The zero-order chi connectivity index (χ0) is 10.7. The van der Waals surface area contributed by atoms with Crippen molar-refractivity contribution in [1.29, 1.82) is 0 Å². The highest BCUT2D eigenvalue weighted by atomic mass is 35.5. The van der Waals surface area contributed by atoms with Crippen LogP contribution in [0.2, 0.25) is 5.02 Å². The predicted molar refractivity (Wildman–Crippen MR) is 65.9 cm³/mol. The van der Waals surface area contributed by atoms with Crippen LogP contribution in [0.25, 0.3) is 0 Å². The van der Waals surface area contributed by atoms with Gasteiger partial charge in [-0.1, -0.05) is 17.7 Å². The summed E-state index contributed by atoms with van der Waals surface area (Å²) in [7, 11) is 1.68. The fourth-order valence-corrected chi connectivity index (χ4v) is 1.25. The first-order valence-corrected chi connectivity index (χ1v) is 4.67. The Bertz CT molecular complexity index is 355. The molecule has 0 aliphatic heterocycles. The van der Waals surface area contributed by atoms with Crippen molar-refractivity contribution in [1.82, 2.24) is 0 Å². The van der Waals surface area contributed by atoms with Crippen LogP contribution in [0.15, 0.2) is 18.2 Å². The van der Waals surface area contributed by atoms with Crippen LogP contribution in [0, 0.1) is 6.92 Å². The van der Waals surface area contributed by atoms with Crippen molar-refractivity contribution >= 4 is 35.6 Å². The molecule has 5 heteroatoms. The molecule has 0 unspecified atom stereocenters. The number of benzene rings is 1. The zero-order valence-corrected chi connectivity index (χ0v) is 10.2. The standard InChI is InChI=1S/C10H13ClN2O.ClH/c1-7-3-4-8(5-9(7)11)13(2)10(14)6-12;/h3-5H,6,12H2,1-2H3;1H. The summed E-state index contributed by atoms with van der Waals surface area (Å²) in [5.41, 5.74) is 7.00. The monoisotopic (exact) mass is 248 g/mol. The van der Waals surface area contributed by atoms with Crippen molar-refractivity contribution in [3.8, 4) is 0 Å². The summed E-state index contributed by atoms with van der Waals surface area (Å²) < 4.78 is 0. The van der Waals surface area contributed by atoms with Gasteiger partial charge in [0, 0.05) is 17.8 Å². The summed E-state index contributed by atoms with van der Waals surface area (Å²) in [4.78, 5) is 12.8. The number of hydrogen-bond acceptors (Lipinski definition) is 2. The first-order chi connectivity index (χ1) is 6.56. The first-order valence-electron chi connectivity index (χ1n) is 4.29. The molecule has 0 fully saturated rings. The molecule has 0 saturated carbocycles. The van der Waals surface area contributed by atoms with Gasteiger partial charge in [-0.2, -0.15) is 0 Å². The molecule has 0 radical (unpaired) electrons. The molecule has 1 aromatic rings. The number of halogens is 2. The summed E-state index contributed by atoms with van der Waals surface area (Å²) in [6.07, 6.45) is 0. The molecule has 0 saturated heterocycles. The number of carbonyl (C=O) groups excluding carboxylic acids is 1. The normalized spacial score (nSPS) is 9.33. The van der Waals surface area contributed by atoms with Gasteiger partial charge in [-0.3, -0.25) is 4.79 Å². The molecule has 0 aromatic heterocycles. The van der Waals surface area contributed by atoms with Gasteiger partial charge in [0.05, 0.1) is 6.54 Å². The molecule has 1 rings (SSSR count). The average molecular weight is 249 g/mol. The lowest BCUT2D eigenvalue weighted by Gasteiger charge is -2.16. The minimum absolute atomic E-state index is 0. The maximum absolute atomic E-state index is 11.3. The fraction of sp³-hybridized carbons (Fsp3) is 0.300. The van der Waals surface area contributed by atoms with Crippen LogP contribution >= 0.6 is 24.0 Å². The zero-order valence-electron chi connectivity index (χ0n) is 8.66. The third kappa shape index (κ3) is 3.38. The number of likely N-dealkylation sites (N-methyl/N-ethyl adjacent to an activating group) is 1. The van der Waals surface area contributed by atoms with Crippen LogP contribution < -0.4 is 10.6 Å². The van der Waals surface area contributed by atoms with E-state index in [1.165, 1.54) is 4.90 Å². The Kier molecular flexibility index (Phi) is 5.65. The maximum atomic E-state index is 11.3. The number of anilines is 1. The molecule has 15 heavy (non-hydrogen) atoms. The summed E-state index contributed by atoms with van der Waals surface area (Å²) >= 11 is 5.94. The Labute approximate surface area is 101 Å². The van der Waals surface area contributed by atoms with E-state index in [9.17, 15) is 4.79 Å². The van der Waals surface area contributed by atoms with E-state index in [0.717, 1.165) is 11.3 Å². The third-order valence-corrected chi connectivity index (χ3v) is 2.50. The molecule has 0 atom stereocenters. The molecule has 0 spiro atoms. The Hall–Kier alpha value is -0.770. The number of rotatable bonds is 2. The van der Waals surface area contributed by atoms with Crippen LogP contribution in [-0.2, 0) is 4.79 Å². The molecular weight excluding hydrogens is 235 g/mol. The summed E-state index contributed by atoms with van der Waals surface area (Å²) in [6, 6.07) is 5.47. The summed E-state index contributed by atoms with van der Waals surface area (Å²) in [5, 5.41) is 0.652. The second-order valence-corrected chi connectivity index (χ2v) is 3.50. The van der Waals surface area contributed by atoms with E-state index in [0.29, 0.717) is 5.02 Å². The maximum Gasteiger partial charge on any atom is 0.240 e. The van der Waals surface area contributed by atoms with Gasteiger partial charge in [0.1, 0.15) is 0 Å². The van der Waals surface area contributed by atoms with Gasteiger partial charge in [0.25, 0.3) is 0 Å². The average Bonchev–Trinajstić information content (AvgIpc) is 2.20. The fourth-order valence-electron chi connectivity index (χ4n) is 1.07. The molecule has 0 bridgehead atoms. The number of amides is 1. The van der Waals surface area contributed by atoms with Crippen LogP contribution in [-0.4, -0.2) is 19.5 Å². The molecule has 3 nitrogen and oxygen atoms in total. The molecule has 1 amide bonds. The van der Waals surface area contributed by atoms with Crippen molar-refractivity contribution < 1.29 is 4.79 Å². The summed E-state index contributed by atoms with van der Waals surface area (Å²) in [6.45, 7) is 1.92. The highest BCUT2D eigenvalue weighted by Gasteiger charge is 2.09. The second-order valence-electron chi connectivity index (χ2n) is 3.09. The van der Waals surface area contributed by atoms with E-state index in [1.54, 1.807) is 13.1 Å². The number of carbonyl (C=O) groups is 1. The molecule has 0 aliphatic rings. The minimum Gasteiger partial charge on any atom is -0.322 e. The Morgan fingerprint density at radius 3 is 2.60 bits per heavy atom. The lowest BCUT2D eigenvalue weighted by atomic mass is 10.2. The number of hydrogen-bond donors (Lipinski definition) is 1. The van der Waals surface area contributed by atoms with Crippen molar-refractivity contribution in [3.05, 3.63) is 28.8 Å². The topological polar surface area (TPSA) is 46.3 Å². The van der Waals surface area contributed by atoms with Gasteiger partial charge in [-0.05, 0) is 24.6 Å². The molecule has 84 valence electrons. The lowest BCUT2D eigenvalue weighted by Crippen LogP contribution is -2.32. The van der Waals surface area contributed by atoms with Crippen molar-refractivity contribution in [2.75, 3.05) is 18.5 Å². The molecule has 2 N–H and O–H groups in total. The lowest BCUT2D eigenvalue weighted by molar-refractivity contribution is -0.117. The first kappa shape index (κ1) is 14.2. The van der Waals surface area contributed by atoms with Crippen LogP contribution in [0.1, 0.15) is 5.56 Å². The molecular formula is C10H14Cl2N2O. The van der Waals surface area contributed by atoms with Gasteiger partial charge in [-0.15, -0.1) is 12.4 Å². The quantitative estimate of drug-likeness (QED) is 0.871. The SMILES string of the molecule is Cc1ccc(N(C)C(=O)CN)cc1Cl.Cl. The number of nitrogens with two attached hydrogens (primary N) is 1. The Morgan fingerprint density at radius 1 is 1.53 bits per heavy atom. The van der Waals surface area contributed by atoms with Crippen molar-refractivity contribution in [2.45, 2.75) is 6.92 Å². The molecule has 0 aliphatic carbocycles. The Morgan fingerprint density at radius 2 is 2.13 bits per heavy atom. The van der Waals surface area contributed by atoms with Gasteiger partial charge in [0.2, 0.25) is 5.91 Å². The van der Waals surface area contributed by atoms with E-state index in [2.05, 4.69) is 0 Å². The molecule has 1 aromatic carbocycles. The van der Waals surface area contributed by atoms with Crippen LogP contribution in [0.3, 0.4) is 0 Å². The van der Waals surface area contributed by atoms with Gasteiger partial charge < -0.3 is 10.6 Å². The van der Waals surface area contributed by atoms with E-state index in [1.807, 2.05) is 19.1 Å². The van der Waals surface area contributed by atoms with E-state index >= 15 is 0 Å². The van der Waals surface area contributed by atoms with Gasteiger partial charge in [0.15, 0.2) is 0 Å². The summed E-state index contributed by atoms with van der Waals surface area (Å²) in [5.74, 6) is -0.134. The number of aryl methyl sites for hydroxylation is 1. The van der Waals surface area contributed by atoms with Crippen LogP contribution in [0.5, 0.6) is 0 Å². The minimum atomic E-state index is -0.134. The predicted octanol–water partition coefficient (Wildman–Crippen LogP) is 1.99.